The fraction of sp³-hybridized carbons (Fsp3) is 1.00. The molecule has 0 spiro atoms. The van der Waals surface area contributed by atoms with Crippen molar-refractivity contribution >= 4 is 27.2 Å². The summed E-state index contributed by atoms with van der Waals surface area (Å²) in [5.74, 6) is 0. The minimum absolute atomic E-state index is 0.819. The molecule has 1 atom stereocenters. The van der Waals surface area contributed by atoms with E-state index in [4.69, 9.17) is 0 Å². The van der Waals surface area contributed by atoms with E-state index in [1.807, 2.05) is 6.92 Å². The first-order valence-electron chi connectivity index (χ1n) is 1.39. The molecule has 0 aromatic heterocycles. The molecule has 0 aliphatic heterocycles. The van der Waals surface area contributed by atoms with Crippen molar-refractivity contribution < 1.29 is 4.57 Å². The molecule has 0 N–H and O–H groups in total. The Morgan fingerprint density at radius 2 is 2.20 bits per heavy atom. The summed E-state index contributed by atoms with van der Waals surface area (Å²) in [4.78, 5) is 0. The van der Waals surface area contributed by atoms with Crippen molar-refractivity contribution in [2.24, 2.45) is 0 Å². The first-order valence-corrected chi connectivity index (χ1v) is 5.88. The van der Waals surface area contributed by atoms with Gasteiger partial charge in [0, 0.05) is 0 Å². The van der Waals surface area contributed by atoms with Crippen molar-refractivity contribution in [1.29, 1.82) is 0 Å². The van der Waals surface area contributed by atoms with Gasteiger partial charge in [-0.1, -0.05) is 0 Å². The molecule has 0 aromatic carbocycles. The van der Waals surface area contributed by atoms with Crippen LogP contribution >= 0.6 is 5.49 Å². The van der Waals surface area contributed by atoms with Crippen LogP contribution in [0.4, 0.5) is 0 Å². The van der Waals surface area contributed by atoms with Gasteiger partial charge >= 0.3 is 44.9 Å². The molecule has 0 rings (SSSR count). The molecule has 0 saturated heterocycles. The Bertz CT molecular complexity index is 44.9. The van der Waals surface area contributed by atoms with Crippen molar-refractivity contribution in [3.8, 4) is 0 Å². The monoisotopic (exact) mass is 206 g/mol. The van der Waals surface area contributed by atoms with Gasteiger partial charge in [-0.2, -0.15) is 0 Å². The van der Waals surface area contributed by atoms with E-state index in [0.717, 1.165) is 6.16 Å². The van der Waals surface area contributed by atoms with Crippen LogP contribution in [-0.2, 0) is 4.57 Å². The summed E-state index contributed by atoms with van der Waals surface area (Å²) in [5, 5.41) is 0. The quantitative estimate of drug-likeness (QED) is 0.458. The Morgan fingerprint density at radius 3 is 2.20 bits per heavy atom. The second-order valence-electron chi connectivity index (χ2n) is 0.649. The SMILES string of the molecule is CC[P+](=O)[Te]. The van der Waals surface area contributed by atoms with Gasteiger partial charge in [0.05, 0.1) is 0 Å². The summed E-state index contributed by atoms with van der Waals surface area (Å²) >= 11 is 1.67. The van der Waals surface area contributed by atoms with Crippen LogP contribution in [0.5, 0.6) is 0 Å². The van der Waals surface area contributed by atoms with Gasteiger partial charge in [0.25, 0.3) is 0 Å². The molecule has 1 radical (unpaired) electrons. The van der Waals surface area contributed by atoms with E-state index in [1.54, 1.807) is 21.7 Å². The summed E-state index contributed by atoms with van der Waals surface area (Å²) in [6.45, 7) is 1.92. The zero-order valence-corrected chi connectivity index (χ0v) is 6.20. The Labute approximate surface area is 45.2 Å². The van der Waals surface area contributed by atoms with Gasteiger partial charge in [-0.3, -0.25) is 0 Å². The zero-order chi connectivity index (χ0) is 4.28. The second-order valence-corrected chi connectivity index (χ2v) is 5.43. The second kappa shape index (κ2) is 3.09. The van der Waals surface area contributed by atoms with Crippen molar-refractivity contribution in [2.75, 3.05) is 6.16 Å². The topological polar surface area (TPSA) is 17.1 Å². The Morgan fingerprint density at radius 1 is 2.00 bits per heavy atom. The maximum absolute atomic E-state index is 9.97. The molecule has 0 bridgehead atoms. The van der Waals surface area contributed by atoms with Crippen LogP contribution in [0.25, 0.3) is 0 Å². The molecule has 0 heterocycles. The fourth-order valence-electron chi connectivity index (χ4n) is 0. The molecular weight excluding hydrogens is 199 g/mol. The normalized spacial score (nSPS) is 11.2. The van der Waals surface area contributed by atoms with Crippen LogP contribution in [-0.4, -0.2) is 27.9 Å². The van der Waals surface area contributed by atoms with E-state index in [0.29, 0.717) is 0 Å². The van der Waals surface area contributed by atoms with Crippen molar-refractivity contribution in [2.45, 2.75) is 6.92 Å². The third-order valence-electron chi connectivity index (χ3n) is 0.258. The van der Waals surface area contributed by atoms with E-state index in [-0.39, 0.29) is 0 Å². The summed E-state index contributed by atoms with van der Waals surface area (Å²) in [6.07, 6.45) is 0.819. The van der Waals surface area contributed by atoms with Gasteiger partial charge in [-0.25, -0.2) is 0 Å². The molecule has 29 valence electrons. The molecule has 0 saturated carbocycles. The predicted molar refractivity (Wildman–Crippen MR) is 23.9 cm³/mol. The average molecular weight is 204 g/mol. The average Bonchev–Trinajstić information content (AvgIpc) is 1.38. The van der Waals surface area contributed by atoms with Crippen molar-refractivity contribution in [3.63, 3.8) is 0 Å². The van der Waals surface area contributed by atoms with Gasteiger partial charge in [0.15, 0.2) is 0 Å². The van der Waals surface area contributed by atoms with Gasteiger partial charge in [0.2, 0.25) is 0 Å². The number of hydrogen-bond donors (Lipinski definition) is 0. The van der Waals surface area contributed by atoms with Crippen LogP contribution in [0.1, 0.15) is 6.92 Å². The molecule has 3 heteroatoms. The van der Waals surface area contributed by atoms with Gasteiger partial charge in [-0.05, 0) is 0 Å². The zero-order valence-electron chi connectivity index (χ0n) is 2.97. The summed E-state index contributed by atoms with van der Waals surface area (Å²) < 4.78 is 9.97. The van der Waals surface area contributed by atoms with Crippen molar-refractivity contribution in [3.05, 3.63) is 0 Å². The number of rotatable bonds is 1. The molecule has 1 nitrogen and oxygen atoms in total. The van der Waals surface area contributed by atoms with Crippen molar-refractivity contribution in [1.82, 2.24) is 0 Å². The first kappa shape index (κ1) is 5.89. The Balaban J connectivity index is 2.85. The van der Waals surface area contributed by atoms with E-state index in [9.17, 15) is 4.57 Å². The van der Waals surface area contributed by atoms with Crippen LogP contribution in [0.15, 0.2) is 0 Å². The predicted octanol–water partition coefficient (Wildman–Crippen LogP) is 0.917. The van der Waals surface area contributed by atoms with E-state index in [2.05, 4.69) is 0 Å². The van der Waals surface area contributed by atoms with E-state index >= 15 is 0 Å². The summed E-state index contributed by atoms with van der Waals surface area (Å²) in [6, 6.07) is 0. The third-order valence-corrected chi connectivity index (χ3v) is 2.99. The van der Waals surface area contributed by atoms with Gasteiger partial charge < -0.3 is 0 Å². The first-order chi connectivity index (χ1) is 2.27. The van der Waals surface area contributed by atoms with Gasteiger partial charge in [-0.15, -0.1) is 0 Å². The molecule has 0 fully saturated rings. The van der Waals surface area contributed by atoms with E-state index in [1.165, 1.54) is 0 Å². The molecule has 5 heavy (non-hydrogen) atoms. The summed E-state index contributed by atoms with van der Waals surface area (Å²) in [7, 11) is 0. The molecule has 1 unspecified atom stereocenters. The number of hydrogen-bond acceptors (Lipinski definition) is 1. The Hall–Kier alpha value is 0.890. The van der Waals surface area contributed by atoms with Crippen LogP contribution in [0.3, 0.4) is 0 Å². The Kier molecular flexibility index (Phi) is 3.64. The van der Waals surface area contributed by atoms with Crippen LogP contribution < -0.4 is 0 Å². The van der Waals surface area contributed by atoms with Crippen LogP contribution in [0.2, 0.25) is 0 Å². The third kappa shape index (κ3) is 4.89. The summed E-state index contributed by atoms with van der Waals surface area (Å²) in [5.41, 5.74) is -0.838. The van der Waals surface area contributed by atoms with E-state index < -0.39 is 5.49 Å². The van der Waals surface area contributed by atoms with Gasteiger partial charge in [0.1, 0.15) is 0 Å². The minimum atomic E-state index is -0.838. The molecule has 0 aliphatic rings. The fourth-order valence-corrected chi connectivity index (χ4v) is 0. The molecule has 0 amide bonds. The van der Waals surface area contributed by atoms with Crippen LogP contribution in [0, 0.1) is 0 Å². The maximum atomic E-state index is 9.97. The molecule has 0 aliphatic carbocycles. The standard InChI is InChI=1S/C2H5OPTe/c1-2-4(3)5/h2H2,1H3/q+1. The molecular formula is C2H5OPTe+. The molecule has 0 aromatic rings.